The number of fused-ring (bicyclic) bond motifs is 1. The lowest BCUT2D eigenvalue weighted by Gasteiger charge is -2.22. The second-order valence-corrected chi connectivity index (χ2v) is 6.05. The number of para-hydroxylation sites is 1. The van der Waals surface area contributed by atoms with Crippen LogP contribution in [-0.4, -0.2) is 35.9 Å². The molecule has 1 aliphatic carbocycles. The third kappa shape index (κ3) is 3.47. The molecule has 1 saturated carbocycles. The van der Waals surface area contributed by atoms with Crippen LogP contribution in [0.25, 0.3) is 0 Å². The molecule has 0 aromatic heterocycles. The molecule has 114 valence electrons. The van der Waals surface area contributed by atoms with Crippen LogP contribution in [0.15, 0.2) is 24.3 Å². The number of hydrogen-bond donors (Lipinski definition) is 3. The first-order chi connectivity index (χ1) is 10.1. The molecule has 2 aliphatic rings. The Labute approximate surface area is 124 Å². The highest BCUT2D eigenvalue weighted by Gasteiger charge is 2.31. The Morgan fingerprint density at radius 2 is 2.05 bits per heavy atom. The highest BCUT2D eigenvalue weighted by Crippen LogP contribution is 2.29. The Kier molecular flexibility index (Phi) is 4.01. The van der Waals surface area contributed by atoms with Gasteiger partial charge in [-0.25, -0.2) is 4.79 Å². The highest BCUT2D eigenvalue weighted by molar-refractivity contribution is 5.73. The maximum Gasteiger partial charge on any atom is 0.315 e. The summed E-state index contributed by atoms with van der Waals surface area (Å²) in [6, 6.07) is 7.70. The fourth-order valence-electron chi connectivity index (χ4n) is 3.09. The van der Waals surface area contributed by atoms with Gasteiger partial charge in [-0.3, -0.25) is 0 Å². The molecule has 0 radical (unpaired) electrons. The van der Waals surface area contributed by atoms with Crippen molar-refractivity contribution in [3.05, 3.63) is 29.8 Å². The topological polar surface area (TPSA) is 70.6 Å². The first-order valence-corrected chi connectivity index (χ1v) is 7.63. The van der Waals surface area contributed by atoms with E-state index in [1.165, 1.54) is 5.56 Å². The van der Waals surface area contributed by atoms with Crippen molar-refractivity contribution >= 4 is 6.03 Å². The van der Waals surface area contributed by atoms with E-state index >= 15 is 0 Å². The molecule has 1 aromatic rings. The fraction of sp³-hybridized carbons (Fsp3) is 0.562. The maximum absolute atomic E-state index is 11.8. The molecule has 2 amide bonds. The summed E-state index contributed by atoms with van der Waals surface area (Å²) in [5.41, 5.74) is 0.474. The molecule has 1 aromatic carbocycles. The molecule has 1 unspecified atom stereocenters. The van der Waals surface area contributed by atoms with Gasteiger partial charge in [0, 0.05) is 13.0 Å². The predicted molar refractivity (Wildman–Crippen MR) is 79.4 cm³/mol. The third-order valence-electron chi connectivity index (χ3n) is 4.32. The van der Waals surface area contributed by atoms with Crippen LogP contribution < -0.4 is 15.4 Å². The van der Waals surface area contributed by atoms with Crippen LogP contribution in [0, 0.1) is 0 Å². The number of benzene rings is 1. The Bertz CT molecular complexity index is 487. The largest absolute Gasteiger partial charge is 0.488 e. The van der Waals surface area contributed by atoms with Gasteiger partial charge in [-0.2, -0.15) is 0 Å². The van der Waals surface area contributed by atoms with Crippen molar-refractivity contribution in [1.82, 2.24) is 10.6 Å². The minimum Gasteiger partial charge on any atom is -0.488 e. The number of urea groups is 1. The van der Waals surface area contributed by atoms with Crippen molar-refractivity contribution in [3.8, 4) is 5.75 Å². The van der Waals surface area contributed by atoms with Crippen LogP contribution in [0.3, 0.4) is 0 Å². The average molecular weight is 290 g/mol. The quantitative estimate of drug-likeness (QED) is 0.788. The van der Waals surface area contributed by atoms with Crippen molar-refractivity contribution in [3.63, 3.8) is 0 Å². The lowest BCUT2D eigenvalue weighted by Crippen LogP contribution is -2.47. The molecule has 3 rings (SSSR count). The number of rotatable bonds is 4. The number of carbonyl (C=O) groups is 1. The zero-order valence-corrected chi connectivity index (χ0v) is 12.1. The average Bonchev–Trinajstić information content (AvgIpc) is 3.09. The Balaban J connectivity index is 1.39. The van der Waals surface area contributed by atoms with Gasteiger partial charge in [-0.15, -0.1) is 0 Å². The monoisotopic (exact) mass is 290 g/mol. The number of carbonyl (C=O) groups excluding carboxylic acids is 1. The van der Waals surface area contributed by atoms with Crippen LogP contribution in [0.5, 0.6) is 5.75 Å². The van der Waals surface area contributed by atoms with Crippen molar-refractivity contribution in [2.24, 2.45) is 0 Å². The van der Waals surface area contributed by atoms with Crippen LogP contribution in [-0.2, 0) is 6.42 Å². The smallest absolute Gasteiger partial charge is 0.315 e. The molecule has 1 atom stereocenters. The van der Waals surface area contributed by atoms with Gasteiger partial charge in [-0.1, -0.05) is 31.0 Å². The van der Waals surface area contributed by atoms with Gasteiger partial charge in [0.25, 0.3) is 0 Å². The number of hydrogen-bond acceptors (Lipinski definition) is 3. The molecule has 1 heterocycles. The minimum atomic E-state index is -0.711. The summed E-state index contributed by atoms with van der Waals surface area (Å²) >= 11 is 0. The van der Waals surface area contributed by atoms with Gasteiger partial charge in [0.1, 0.15) is 11.9 Å². The first kappa shape index (κ1) is 14.2. The zero-order valence-electron chi connectivity index (χ0n) is 12.1. The standard InChI is InChI=1S/C16H22N2O3/c19-15(18-11-16(20)7-3-4-8-16)17-10-13-9-12-5-1-2-6-14(12)21-13/h1-2,5-6,13,20H,3-4,7-11H2,(H2,17,18,19). The van der Waals surface area contributed by atoms with Crippen LogP contribution >= 0.6 is 0 Å². The Hall–Kier alpha value is -1.75. The molecule has 0 saturated heterocycles. The summed E-state index contributed by atoms with van der Waals surface area (Å²) in [6.45, 7) is 0.795. The molecule has 1 aliphatic heterocycles. The summed E-state index contributed by atoms with van der Waals surface area (Å²) in [7, 11) is 0. The normalized spacial score (nSPS) is 22.4. The van der Waals surface area contributed by atoms with E-state index in [9.17, 15) is 9.90 Å². The minimum absolute atomic E-state index is 0.0114. The number of amides is 2. The van der Waals surface area contributed by atoms with Gasteiger partial charge in [-0.05, 0) is 24.5 Å². The molecule has 0 bridgehead atoms. The molecule has 0 spiro atoms. The van der Waals surface area contributed by atoms with Gasteiger partial charge >= 0.3 is 6.03 Å². The Morgan fingerprint density at radius 3 is 2.81 bits per heavy atom. The second kappa shape index (κ2) is 5.93. The lowest BCUT2D eigenvalue weighted by molar-refractivity contribution is 0.0500. The van der Waals surface area contributed by atoms with E-state index < -0.39 is 5.60 Å². The maximum atomic E-state index is 11.8. The van der Waals surface area contributed by atoms with E-state index in [4.69, 9.17) is 4.74 Å². The molecule has 21 heavy (non-hydrogen) atoms. The Morgan fingerprint density at radius 1 is 1.29 bits per heavy atom. The van der Waals surface area contributed by atoms with Crippen molar-refractivity contribution < 1.29 is 14.6 Å². The highest BCUT2D eigenvalue weighted by atomic mass is 16.5. The molecule has 5 nitrogen and oxygen atoms in total. The first-order valence-electron chi connectivity index (χ1n) is 7.63. The van der Waals surface area contributed by atoms with E-state index in [1.807, 2.05) is 24.3 Å². The summed E-state index contributed by atoms with van der Waals surface area (Å²) in [6.07, 6.45) is 4.42. The number of aliphatic hydroxyl groups is 1. The SMILES string of the molecule is O=C(NCC1Cc2ccccc2O1)NCC1(O)CCCC1. The predicted octanol–water partition coefficient (Wildman–Crippen LogP) is 1.59. The summed E-state index contributed by atoms with van der Waals surface area (Å²) < 4.78 is 5.76. The zero-order chi connectivity index (χ0) is 14.7. The van der Waals surface area contributed by atoms with E-state index in [0.29, 0.717) is 13.1 Å². The lowest BCUT2D eigenvalue weighted by atomic mass is 10.0. The molecule has 5 heteroatoms. The van der Waals surface area contributed by atoms with E-state index in [-0.39, 0.29) is 12.1 Å². The second-order valence-electron chi connectivity index (χ2n) is 6.05. The van der Waals surface area contributed by atoms with Gasteiger partial charge < -0.3 is 20.5 Å². The summed E-state index contributed by atoms with van der Waals surface area (Å²) in [5, 5.41) is 15.7. The van der Waals surface area contributed by atoms with E-state index in [2.05, 4.69) is 10.6 Å². The molecule has 3 N–H and O–H groups in total. The van der Waals surface area contributed by atoms with Gasteiger partial charge in [0.15, 0.2) is 0 Å². The van der Waals surface area contributed by atoms with Crippen LogP contribution in [0.2, 0.25) is 0 Å². The molecule has 1 fully saturated rings. The van der Waals surface area contributed by atoms with Crippen LogP contribution in [0.4, 0.5) is 4.79 Å². The van der Waals surface area contributed by atoms with Crippen molar-refractivity contribution in [2.75, 3.05) is 13.1 Å². The van der Waals surface area contributed by atoms with E-state index in [1.54, 1.807) is 0 Å². The number of nitrogens with one attached hydrogen (secondary N) is 2. The molecular weight excluding hydrogens is 268 g/mol. The summed E-state index contributed by atoms with van der Waals surface area (Å²) in [5.74, 6) is 0.907. The fourth-order valence-corrected chi connectivity index (χ4v) is 3.09. The summed E-state index contributed by atoms with van der Waals surface area (Å²) in [4.78, 5) is 11.8. The third-order valence-corrected chi connectivity index (χ3v) is 4.32. The van der Waals surface area contributed by atoms with Crippen molar-refractivity contribution in [1.29, 1.82) is 0 Å². The van der Waals surface area contributed by atoms with Crippen molar-refractivity contribution in [2.45, 2.75) is 43.8 Å². The number of ether oxygens (including phenoxy) is 1. The van der Waals surface area contributed by atoms with Gasteiger partial charge in [0.2, 0.25) is 0 Å². The van der Waals surface area contributed by atoms with E-state index in [0.717, 1.165) is 37.9 Å². The van der Waals surface area contributed by atoms with Crippen LogP contribution in [0.1, 0.15) is 31.2 Å². The van der Waals surface area contributed by atoms with Gasteiger partial charge in [0.05, 0.1) is 12.1 Å². The molecular formula is C16H22N2O3.